The summed E-state index contributed by atoms with van der Waals surface area (Å²) in [6.07, 6.45) is 9.92. The summed E-state index contributed by atoms with van der Waals surface area (Å²) in [5.41, 5.74) is 3.02. The minimum Gasteiger partial charge on any atom is -0.233 e. The Hall–Kier alpha value is -0.670. The number of hydrogen-bond acceptors (Lipinski definition) is 2. The summed E-state index contributed by atoms with van der Waals surface area (Å²) < 4.78 is 4.08. The summed E-state index contributed by atoms with van der Waals surface area (Å²) in [4.78, 5) is 0. The molecule has 2 heterocycles. The molecule has 1 atom stereocenters. The largest absolute Gasteiger partial charge is 0.233 e. The molecule has 1 nitrogen and oxygen atoms in total. The molecule has 2 aliphatic heterocycles. The zero-order valence-electron chi connectivity index (χ0n) is 12.0. The molecule has 0 saturated carbocycles. The minimum absolute atomic E-state index is 0.584. The van der Waals surface area contributed by atoms with E-state index < -0.39 is 0 Å². The molecule has 2 aliphatic rings. The van der Waals surface area contributed by atoms with Gasteiger partial charge in [0, 0.05) is 34.8 Å². The number of allylic oxidation sites excluding steroid dienone is 1. The second-order valence-electron chi connectivity index (χ2n) is 5.43. The summed E-state index contributed by atoms with van der Waals surface area (Å²) in [5, 5.41) is 0.584. The minimum atomic E-state index is 0.584. The summed E-state index contributed by atoms with van der Waals surface area (Å²) >= 11 is 3.92. The number of piperidine rings is 1. The van der Waals surface area contributed by atoms with E-state index in [2.05, 4.69) is 47.2 Å². The lowest BCUT2D eigenvalue weighted by Gasteiger charge is -2.23. The normalized spacial score (nSPS) is 23.6. The van der Waals surface area contributed by atoms with Crippen molar-refractivity contribution in [2.75, 3.05) is 19.3 Å². The van der Waals surface area contributed by atoms with Crippen molar-refractivity contribution in [3.8, 4) is 0 Å². The molecule has 1 unspecified atom stereocenters. The summed E-state index contributed by atoms with van der Waals surface area (Å²) in [6, 6.07) is 11.0. The van der Waals surface area contributed by atoms with Crippen LogP contribution in [0.15, 0.2) is 40.6 Å². The quantitative estimate of drug-likeness (QED) is 0.728. The van der Waals surface area contributed by atoms with Gasteiger partial charge in [0.05, 0.1) is 0 Å². The van der Waals surface area contributed by atoms with Crippen LogP contribution in [0.1, 0.15) is 36.5 Å². The van der Waals surface area contributed by atoms with Crippen LogP contribution in [0.5, 0.6) is 0 Å². The van der Waals surface area contributed by atoms with Crippen LogP contribution >= 0.6 is 23.5 Å². The Morgan fingerprint density at radius 1 is 1.10 bits per heavy atom. The molecule has 0 spiro atoms. The van der Waals surface area contributed by atoms with E-state index in [-0.39, 0.29) is 0 Å². The van der Waals surface area contributed by atoms with E-state index in [1.54, 1.807) is 5.71 Å². The summed E-state index contributed by atoms with van der Waals surface area (Å²) in [6.45, 7) is 2.50. The molecule has 0 radical (unpaired) electrons. The molecule has 0 aromatic heterocycles. The van der Waals surface area contributed by atoms with Crippen LogP contribution in [0.2, 0.25) is 0 Å². The molecule has 1 fully saturated rings. The summed E-state index contributed by atoms with van der Waals surface area (Å²) in [7, 11) is 0. The molecule has 0 bridgehead atoms. The zero-order chi connectivity index (χ0) is 13.8. The topological polar surface area (TPSA) is 3.01 Å². The Kier molecular flexibility index (Phi) is 4.90. The Balaban J connectivity index is 1.88. The van der Waals surface area contributed by atoms with Crippen molar-refractivity contribution < 1.29 is 4.58 Å². The lowest BCUT2D eigenvalue weighted by Crippen LogP contribution is -2.28. The van der Waals surface area contributed by atoms with Crippen molar-refractivity contribution in [1.82, 2.24) is 0 Å². The van der Waals surface area contributed by atoms with Gasteiger partial charge < -0.3 is 0 Å². The predicted octanol–water partition coefficient (Wildman–Crippen LogP) is 4.71. The van der Waals surface area contributed by atoms with Crippen molar-refractivity contribution in [3.63, 3.8) is 0 Å². The number of benzene rings is 1. The second kappa shape index (κ2) is 6.86. The first-order valence-corrected chi connectivity index (χ1v) is 9.55. The Bertz CT molecular complexity index is 511. The van der Waals surface area contributed by atoms with E-state index in [1.165, 1.54) is 48.6 Å². The SMILES string of the molecule is CSC1=CC(=[N+]2CCCCC2)CC(c2ccccc2)S1. The van der Waals surface area contributed by atoms with Crippen LogP contribution < -0.4 is 0 Å². The van der Waals surface area contributed by atoms with Gasteiger partial charge >= 0.3 is 0 Å². The first-order chi connectivity index (χ1) is 9.86. The first kappa shape index (κ1) is 14.3. The standard InChI is InChI=1S/C17H22NS2/c1-19-17-13-15(18-10-6-3-7-11-18)12-16(20-17)14-8-4-2-5-9-14/h2,4-5,8-9,13,16H,3,6-7,10-12H2,1H3/q+1. The highest BCUT2D eigenvalue weighted by Crippen LogP contribution is 2.44. The van der Waals surface area contributed by atoms with Gasteiger partial charge in [0.15, 0.2) is 5.71 Å². The van der Waals surface area contributed by atoms with E-state index in [4.69, 9.17) is 0 Å². The fourth-order valence-electron chi connectivity index (χ4n) is 2.96. The Morgan fingerprint density at radius 2 is 1.85 bits per heavy atom. The molecule has 1 aromatic rings. The molecule has 106 valence electrons. The van der Waals surface area contributed by atoms with Gasteiger partial charge in [0.1, 0.15) is 13.1 Å². The van der Waals surface area contributed by atoms with Gasteiger partial charge in [0.25, 0.3) is 0 Å². The van der Waals surface area contributed by atoms with Crippen LogP contribution in [0, 0.1) is 0 Å². The van der Waals surface area contributed by atoms with Crippen LogP contribution in [-0.2, 0) is 0 Å². The van der Waals surface area contributed by atoms with Crippen molar-refractivity contribution >= 4 is 29.2 Å². The molecule has 0 amide bonds. The van der Waals surface area contributed by atoms with Gasteiger partial charge in [-0.2, -0.15) is 0 Å². The predicted molar refractivity (Wildman–Crippen MR) is 91.8 cm³/mol. The number of rotatable bonds is 2. The highest BCUT2D eigenvalue weighted by atomic mass is 32.2. The molecule has 0 aliphatic carbocycles. The molecule has 3 rings (SSSR count). The average molecular weight is 305 g/mol. The molecular weight excluding hydrogens is 282 g/mol. The van der Waals surface area contributed by atoms with Gasteiger partial charge in [-0.05, 0) is 18.2 Å². The third-order valence-corrected chi connectivity index (χ3v) is 6.45. The molecule has 3 heteroatoms. The van der Waals surface area contributed by atoms with Crippen LogP contribution in [0.3, 0.4) is 0 Å². The maximum Gasteiger partial charge on any atom is 0.179 e. The highest BCUT2D eigenvalue weighted by molar-refractivity contribution is 8.22. The third kappa shape index (κ3) is 3.32. The van der Waals surface area contributed by atoms with Gasteiger partial charge in [-0.1, -0.05) is 30.3 Å². The molecular formula is C17H22NS2+. The van der Waals surface area contributed by atoms with Gasteiger partial charge in [0.2, 0.25) is 0 Å². The maximum atomic E-state index is 2.62. The molecule has 1 saturated heterocycles. The molecule has 0 N–H and O–H groups in total. The van der Waals surface area contributed by atoms with Crippen molar-refractivity contribution in [2.45, 2.75) is 30.9 Å². The molecule has 1 aromatic carbocycles. The van der Waals surface area contributed by atoms with Crippen LogP contribution in [0.25, 0.3) is 0 Å². The van der Waals surface area contributed by atoms with Crippen molar-refractivity contribution in [2.24, 2.45) is 0 Å². The monoisotopic (exact) mass is 304 g/mol. The van der Waals surface area contributed by atoms with E-state index in [9.17, 15) is 0 Å². The number of hydrogen-bond donors (Lipinski definition) is 0. The van der Waals surface area contributed by atoms with Crippen LogP contribution in [-0.4, -0.2) is 29.6 Å². The van der Waals surface area contributed by atoms with E-state index >= 15 is 0 Å². The van der Waals surface area contributed by atoms with Gasteiger partial charge in [-0.3, -0.25) is 0 Å². The molecule has 20 heavy (non-hydrogen) atoms. The third-order valence-electron chi connectivity index (χ3n) is 4.07. The number of nitrogens with zero attached hydrogens (tertiary/aromatic N) is 1. The average Bonchev–Trinajstić information content (AvgIpc) is 2.56. The fourth-order valence-corrected chi connectivity index (χ4v) is 4.98. The van der Waals surface area contributed by atoms with E-state index in [0.29, 0.717) is 5.25 Å². The fraction of sp³-hybridized carbons (Fsp3) is 0.471. The lowest BCUT2D eigenvalue weighted by molar-refractivity contribution is -0.537. The van der Waals surface area contributed by atoms with Crippen molar-refractivity contribution in [1.29, 1.82) is 0 Å². The number of thioether (sulfide) groups is 2. The highest BCUT2D eigenvalue weighted by Gasteiger charge is 2.27. The Labute approximate surface area is 130 Å². The first-order valence-electron chi connectivity index (χ1n) is 7.45. The smallest absolute Gasteiger partial charge is 0.179 e. The van der Waals surface area contributed by atoms with Gasteiger partial charge in [-0.25, -0.2) is 4.58 Å². The van der Waals surface area contributed by atoms with E-state index in [0.717, 1.165) is 0 Å². The van der Waals surface area contributed by atoms with Crippen molar-refractivity contribution in [3.05, 3.63) is 46.2 Å². The lowest BCUT2D eigenvalue weighted by atomic mass is 10.0. The van der Waals surface area contributed by atoms with Crippen LogP contribution in [0.4, 0.5) is 0 Å². The second-order valence-corrected chi connectivity index (χ2v) is 7.78. The summed E-state index contributed by atoms with van der Waals surface area (Å²) in [5.74, 6) is 0. The van der Waals surface area contributed by atoms with E-state index in [1.807, 2.05) is 23.5 Å². The Morgan fingerprint density at radius 3 is 2.55 bits per heavy atom. The van der Waals surface area contributed by atoms with Gasteiger partial charge in [-0.15, -0.1) is 23.5 Å². The maximum absolute atomic E-state index is 2.62. The zero-order valence-corrected chi connectivity index (χ0v) is 13.7.